The Hall–Kier alpha value is -3.40. The lowest BCUT2D eigenvalue weighted by atomic mass is 10.1. The van der Waals surface area contributed by atoms with Gasteiger partial charge in [0.05, 0.1) is 17.7 Å². The monoisotopic (exact) mass is 374 g/mol. The maximum absolute atomic E-state index is 12.3. The summed E-state index contributed by atoms with van der Waals surface area (Å²) in [5.74, 6) is -0.580. The Morgan fingerprint density at radius 3 is 2.25 bits per heavy atom. The number of carbonyl (C=O) groups is 2. The molecule has 3 rings (SSSR count). The Kier molecular flexibility index (Phi) is 6.58. The largest absolute Gasteiger partial charge is 0.462 e. The van der Waals surface area contributed by atoms with Crippen LogP contribution < -0.4 is 4.74 Å². The van der Waals surface area contributed by atoms with Crippen molar-refractivity contribution < 1.29 is 19.1 Å². The number of hydrogen-bond donors (Lipinski definition) is 0. The van der Waals surface area contributed by atoms with Crippen LogP contribution in [-0.4, -0.2) is 18.5 Å². The minimum atomic E-state index is -0.461. The smallest absolute Gasteiger partial charge is 0.343 e. The molecule has 0 spiro atoms. The van der Waals surface area contributed by atoms with Gasteiger partial charge in [-0.15, -0.1) is 0 Å². The summed E-state index contributed by atoms with van der Waals surface area (Å²) < 4.78 is 10.7. The van der Waals surface area contributed by atoms with Crippen molar-refractivity contribution in [3.8, 4) is 5.75 Å². The number of hydrogen-bond acceptors (Lipinski definition) is 4. The maximum atomic E-state index is 12.3. The van der Waals surface area contributed by atoms with E-state index in [1.54, 1.807) is 36.4 Å². The Morgan fingerprint density at radius 1 is 0.786 bits per heavy atom. The van der Waals surface area contributed by atoms with Gasteiger partial charge in [-0.25, -0.2) is 9.59 Å². The lowest BCUT2D eigenvalue weighted by Gasteiger charge is -2.08. The second kappa shape index (κ2) is 9.51. The highest BCUT2D eigenvalue weighted by atomic mass is 16.5. The fraction of sp³-hybridized carbons (Fsp3) is 0.167. The molecule has 3 aromatic rings. The van der Waals surface area contributed by atoms with Crippen molar-refractivity contribution in [2.75, 3.05) is 6.61 Å². The SMILES string of the molecule is Cc1cccc(C(=O)Oc2cccc(C(=O)OCCCc3ccccc3)c2)c1. The first-order chi connectivity index (χ1) is 13.6. The van der Waals surface area contributed by atoms with Crippen LogP contribution in [0.25, 0.3) is 0 Å². The molecule has 0 N–H and O–H groups in total. The molecule has 0 atom stereocenters. The van der Waals surface area contributed by atoms with Crippen molar-refractivity contribution >= 4 is 11.9 Å². The lowest BCUT2D eigenvalue weighted by Crippen LogP contribution is -2.10. The van der Waals surface area contributed by atoms with E-state index in [1.165, 1.54) is 11.6 Å². The van der Waals surface area contributed by atoms with E-state index in [0.717, 1.165) is 18.4 Å². The molecule has 0 bridgehead atoms. The molecular weight excluding hydrogens is 352 g/mol. The van der Waals surface area contributed by atoms with Crippen molar-refractivity contribution in [2.45, 2.75) is 19.8 Å². The summed E-state index contributed by atoms with van der Waals surface area (Å²) in [5.41, 5.74) is 3.01. The summed E-state index contributed by atoms with van der Waals surface area (Å²) in [5, 5.41) is 0. The molecule has 28 heavy (non-hydrogen) atoms. The van der Waals surface area contributed by atoms with E-state index >= 15 is 0 Å². The van der Waals surface area contributed by atoms with E-state index in [4.69, 9.17) is 9.47 Å². The first kappa shape index (κ1) is 19.4. The molecule has 0 saturated carbocycles. The first-order valence-corrected chi connectivity index (χ1v) is 9.22. The van der Waals surface area contributed by atoms with E-state index in [1.807, 2.05) is 43.3 Å². The van der Waals surface area contributed by atoms with Crippen LogP contribution in [0, 0.1) is 6.92 Å². The molecule has 4 nitrogen and oxygen atoms in total. The molecule has 4 heteroatoms. The van der Waals surface area contributed by atoms with Gasteiger partial charge in [-0.3, -0.25) is 0 Å². The molecule has 0 aliphatic rings. The molecular formula is C24H22O4. The number of carbonyl (C=O) groups excluding carboxylic acids is 2. The van der Waals surface area contributed by atoms with Crippen molar-refractivity contribution in [1.29, 1.82) is 0 Å². The zero-order chi connectivity index (χ0) is 19.8. The van der Waals surface area contributed by atoms with Crippen LogP contribution in [0.2, 0.25) is 0 Å². The number of benzene rings is 3. The van der Waals surface area contributed by atoms with E-state index in [-0.39, 0.29) is 0 Å². The van der Waals surface area contributed by atoms with E-state index in [0.29, 0.717) is 23.5 Å². The van der Waals surface area contributed by atoms with Gasteiger partial charge in [0.2, 0.25) is 0 Å². The average molecular weight is 374 g/mol. The van der Waals surface area contributed by atoms with Gasteiger partial charge in [-0.05, 0) is 55.7 Å². The highest BCUT2D eigenvalue weighted by Crippen LogP contribution is 2.17. The summed E-state index contributed by atoms with van der Waals surface area (Å²) >= 11 is 0. The highest BCUT2D eigenvalue weighted by Gasteiger charge is 2.12. The van der Waals surface area contributed by atoms with Gasteiger partial charge in [0, 0.05) is 0 Å². The van der Waals surface area contributed by atoms with E-state index < -0.39 is 11.9 Å². The molecule has 0 heterocycles. The van der Waals surface area contributed by atoms with Gasteiger partial charge in [0.1, 0.15) is 5.75 Å². The van der Waals surface area contributed by atoms with Gasteiger partial charge in [0.15, 0.2) is 0 Å². The Balaban J connectivity index is 1.53. The summed E-state index contributed by atoms with van der Waals surface area (Å²) in [6.07, 6.45) is 1.60. The predicted octanol–water partition coefficient (Wildman–Crippen LogP) is 5.00. The fourth-order valence-corrected chi connectivity index (χ4v) is 2.79. The van der Waals surface area contributed by atoms with Gasteiger partial charge in [0.25, 0.3) is 0 Å². The van der Waals surface area contributed by atoms with Crippen LogP contribution in [0.1, 0.15) is 38.3 Å². The second-order valence-electron chi connectivity index (χ2n) is 6.51. The molecule has 0 aliphatic carbocycles. The van der Waals surface area contributed by atoms with Gasteiger partial charge >= 0.3 is 11.9 Å². The topological polar surface area (TPSA) is 52.6 Å². The third-order valence-corrected chi connectivity index (χ3v) is 4.22. The Labute approximate surface area is 164 Å². The summed E-state index contributed by atoms with van der Waals surface area (Å²) in [6.45, 7) is 2.24. The number of esters is 2. The fourth-order valence-electron chi connectivity index (χ4n) is 2.79. The van der Waals surface area contributed by atoms with Crippen LogP contribution in [0.3, 0.4) is 0 Å². The minimum absolute atomic E-state index is 0.310. The van der Waals surface area contributed by atoms with Crippen LogP contribution in [-0.2, 0) is 11.2 Å². The summed E-state index contributed by atoms with van der Waals surface area (Å²) in [6, 6.07) is 23.7. The number of aryl methyl sites for hydroxylation is 2. The standard InChI is InChI=1S/C24H22O4/c1-18-8-5-12-20(16-18)24(26)28-22-14-6-13-21(17-22)23(25)27-15-7-11-19-9-3-2-4-10-19/h2-6,8-10,12-14,16-17H,7,11,15H2,1H3. The lowest BCUT2D eigenvalue weighted by molar-refractivity contribution is 0.0498. The number of ether oxygens (including phenoxy) is 2. The third kappa shape index (κ3) is 5.55. The molecule has 0 aliphatic heterocycles. The van der Waals surface area contributed by atoms with Gasteiger partial charge < -0.3 is 9.47 Å². The summed E-state index contributed by atoms with van der Waals surface area (Å²) in [7, 11) is 0. The third-order valence-electron chi connectivity index (χ3n) is 4.22. The normalized spacial score (nSPS) is 10.3. The van der Waals surface area contributed by atoms with Gasteiger partial charge in [-0.2, -0.15) is 0 Å². The molecule has 0 unspecified atom stereocenters. The van der Waals surface area contributed by atoms with Crippen LogP contribution in [0.15, 0.2) is 78.9 Å². The van der Waals surface area contributed by atoms with Gasteiger partial charge in [-0.1, -0.05) is 54.1 Å². The molecule has 0 amide bonds. The van der Waals surface area contributed by atoms with E-state index in [9.17, 15) is 9.59 Å². The molecule has 0 fully saturated rings. The van der Waals surface area contributed by atoms with Crippen molar-refractivity contribution in [3.05, 3.63) is 101 Å². The number of rotatable bonds is 7. The van der Waals surface area contributed by atoms with Crippen molar-refractivity contribution in [3.63, 3.8) is 0 Å². The molecule has 0 radical (unpaired) electrons. The first-order valence-electron chi connectivity index (χ1n) is 9.22. The zero-order valence-corrected chi connectivity index (χ0v) is 15.8. The minimum Gasteiger partial charge on any atom is -0.462 e. The van der Waals surface area contributed by atoms with Crippen LogP contribution in [0.5, 0.6) is 5.75 Å². The van der Waals surface area contributed by atoms with Crippen LogP contribution >= 0.6 is 0 Å². The maximum Gasteiger partial charge on any atom is 0.343 e. The quantitative estimate of drug-likeness (QED) is 0.332. The van der Waals surface area contributed by atoms with Crippen LogP contribution in [0.4, 0.5) is 0 Å². The summed E-state index contributed by atoms with van der Waals surface area (Å²) in [4.78, 5) is 24.5. The second-order valence-corrected chi connectivity index (χ2v) is 6.51. The van der Waals surface area contributed by atoms with Crippen molar-refractivity contribution in [2.24, 2.45) is 0 Å². The molecule has 142 valence electrons. The average Bonchev–Trinajstić information content (AvgIpc) is 2.72. The molecule has 0 saturated heterocycles. The Morgan fingerprint density at radius 2 is 1.50 bits per heavy atom. The molecule has 3 aromatic carbocycles. The molecule has 0 aromatic heterocycles. The van der Waals surface area contributed by atoms with Crippen molar-refractivity contribution in [1.82, 2.24) is 0 Å². The highest BCUT2D eigenvalue weighted by molar-refractivity contribution is 5.92. The predicted molar refractivity (Wildman–Crippen MR) is 108 cm³/mol. The zero-order valence-electron chi connectivity index (χ0n) is 15.8. The Bertz CT molecular complexity index is 948. The van der Waals surface area contributed by atoms with E-state index in [2.05, 4.69) is 0 Å².